The van der Waals surface area contributed by atoms with E-state index < -0.39 is 0 Å². The van der Waals surface area contributed by atoms with Gasteiger partial charge in [-0.05, 0) is 39.6 Å². The zero-order valence-electron chi connectivity index (χ0n) is 7.23. The molecule has 0 unspecified atom stereocenters. The van der Waals surface area contributed by atoms with E-state index in [1.54, 1.807) is 11.3 Å². The van der Waals surface area contributed by atoms with Gasteiger partial charge in [0.25, 0.3) is 0 Å². The molecule has 1 aromatic carbocycles. The SMILES string of the molecule is C=Cc1cccc(-c2ccsc2)c1. The van der Waals surface area contributed by atoms with Crippen LogP contribution in [-0.4, -0.2) is 0 Å². The van der Waals surface area contributed by atoms with Crippen LogP contribution in [0.15, 0.2) is 47.7 Å². The van der Waals surface area contributed by atoms with Crippen LogP contribution in [0.4, 0.5) is 0 Å². The second-order valence-electron chi connectivity index (χ2n) is 2.84. The summed E-state index contributed by atoms with van der Waals surface area (Å²) in [6.07, 6.45) is 1.87. The van der Waals surface area contributed by atoms with Gasteiger partial charge >= 0.3 is 0 Å². The standard InChI is InChI=1S/C12H10S/c1-2-10-4-3-5-11(8-10)12-6-7-13-9-12/h2-9H,1H2. The Kier molecular flexibility index (Phi) is 2.28. The Balaban J connectivity index is 2.47. The third kappa shape index (κ3) is 1.70. The lowest BCUT2D eigenvalue weighted by Crippen LogP contribution is -1.75. The molecule has 1 aromatic heterocycles. The summed E-state index contributed by atoms with van der Waals surface area (Å²) in [4.78, 5) is 0. The maximum atomic E-state index is 3.76. The highest BCUT2D eigenvalue weighted by atomic mass is 32.1. The Morgan fingerprint density at radius 2 is 2.08 bits per heavy atom. The van der Waals surface area contributed by atoms with Crippen molar-refractivity contribution < 1.29 is 0 Å². The van der Waals surface area contributed by atoms with Crippen LogP contribution in [0.1, 0.15) is 5.56 Å². The van der Waals surface area contributed by atoms with Crippen LogP contribution in [0.3, 0.4) is 0 Å². The van der Waals surface area contributed by atoms with Gasteiger partial charge in [0.2, 0.25) is 0 Å². The highest BCUT2D eigenvalue weighted by Gasteiger charge is 1.96. The summed E-state index contributed by atoms with van der Waals surface area (Å²) in [7, 11) is 0. The van der Waals surface area contributed by atoms with E-state index in [4.69, 9.17) is 0 Å². The number of hydrogen-bond acceptors (Lipinski definition) is 1. The van der Waals surface area contributed by atoms with Crippen molar-refractivity contribution in [1.29, 1.82) is 0 Å². The van der Waals surface area contributed by atoms with Crippen LogP contribution in [0, 0.1) is 0 Å². The molecule has 64 valence electrons. The van der Waals surface area contributed by atoms with Crippen molar-refractivity contribution in [3.63, 3.8) is 0 Å². The van der Waals surface area contributed by atoms with E-state index in [0.717, 1.165) is 0 Å². The minimum absolute atomic E-state index is 1.17. The summed E-state index contributed by atoms with van der Waals surface area (Å²) >= 11 is 1.72. The highest BCUT2D eigenvalue weighted by Crippen LogP contribution is 2.22. The second-order valence-corrected chi connectivity index (χ2v) is 3.62. The van der Waals surface area contributed by atoms with Crippen LogP contribution in [0.25, 0.3) is 17.2 Å². The van der Waals surface area contributed by atoms with Gasteiger partial charge < -0.3 is 0 Å². The molecule has 1 heterocycles. The predicted molar refractivity (Wildman–Crippen MR) is 59.8 cm³/mol. The molecule has 0 nitrogen and oxygen atoms in total. The normalized spacial score (nSPS) is 9.85. The highest BCUT2D eigenvalue weighted by molar-refractivity contribution is 7.08. The molecule has 0 amide bonds. The van der Waals surface area contributed by atoms with Gasteiger partial charge in [0.05, 0.1) is 0 Å². The molecule has 1 heteroatoms. The number of hydrogen-bond donors (Lipinski definition) is 0. The van der Waals surface area contributed by atoms with Gasteiger partial charge in [-0.1, -0.05) is 30.9 Å². The largest absolute Gasteiger partial charge is 0.152 e. The summed E-state index contributed by atoms with van der Waals surface area (Å²) in [5.74, 6) is 0. The number of rotatable bonds is 2. The van der Waals surface area contributed by atoms with Gasteiger partial charge in [-0.15, -0.1) is 0 Å². The van der Waals surface area contributed by atoms with Crippen molar-refractivity contribution in [3.8, 4) is 11.1 Å². The van der Waals surface area contributed by atoms with Crippen LogP contribution >= 0.6 is 11.3 Å². The van der Waals surface area contributed by atoms with Crippen molar-refractivity contribution >= 4 is 17.4 Å². The molecule has 0 N–H and O–H groups in total. The molecule has 0 spiro atoms. The first-order valence-corrected chi connectivity index (χ1v) is 5.09. The first-order valence-electron chi connectivity index (χ1n) is 4.15. The predicted octanol–water partition coefficient (Wildman–Crippen LogP) is 4.06. The van der Waals surface area contributed by atoms with Crippen LogP contribution in [0.5, 0.6) is 0 Å². The molecular formula is C12H10S. The van der Waals surface area contributed by atoms with Gasteiger partial charge in [-0.3, -0.25) is 0 Å². The van der Waals surface area contributed by atoms with E-state index in [1.165, 1.54) is 16.7 Å². The molecule has 0 atom stereocenters. The van der Waals surface area contributed by atoms with Crippen molar-refractivity contribution in [3.05, 3.63) is 53.2 Å². The molecule has 0 aliphatic heterocycles. The summed E-state index contributed by atoms with van der Waals surface area (Å²) in [6.45, 7) is 3.76. The Bertz CT molecular complexity index is 399. The summed E-state index contributed by atoms with van der Waals surface area (Å²) in [5, 5.41) is 4.25. The van der Waals surface area contributed by atoms with E-state index in [9.17, 15) is 0 Å². The van der Waals surface area contributed by atoms with Crippen LogP contribution < -0.4 is 0 Å². The molecule has 2 rings (SSSR count). The number of benzene rings is 1. The third-order valence-corrected chi connectivity index (χ3v) is 2.66. The third-order valence-electron chi connectivity index (χ3n) is 1.98. The molecule has 0 saturated heterocycles. The fourth-order valence-corrected chi connectivity index (χ4v) is 1.94. The van der Waals surface area contributed by atoms with E-state index in [-0.39, 0.29) is 0 Å². The van der Waals surface area contributed by atoms with Gasteiger partial charge in [-0.2, -0.15) is 11.3 Å². The van der Waals surface area contributed by atoms with Crippen LogP contribution in [0.2, 0.25) is 0 Å². The smallest absolute Gasteiger partial charge is 0.00147 e. The van der Waals surface area contributed by atoms with Gasteiger partial charge in [0, 0.05) is 0 Å². The first-order chi connectivity index (χ1) is 6.40. The quantitative estimate of drug-likeness (QED) is 0.663. The summed E-state index contributed by atoms with van der Waals surface area (Å²) < 4.78 is 0. The molecule has 2 aromatic rings. The maximum Gasteiger partial charge on any atom is -0.00147 e. The minimum atomic E-state index is 1.17. The molecule has 0 fully saturated rings. The molecule has 0 bridgehead atoms. The fourth-order valence-electron chi connectivity index (χ4n) is 1.27. The van der Waals surface area contributed by atoms with Crippen molar-refractivity contribution in [2.75, 3.05) is 0 Å². The zero-order valence-corrected chi connectivity index (χ0v) is 8.05. The van der Waals surface area contributed by atoms with Crippen molar-refractivity contribution in [1.82, 2.24) is 0 Å². The van der Waals surface area contributed by atoms with E-state index in [0.29, 0.717) is 0 Å². The van der Waals surface area contributed by atoms with E-state index in [1.807, 2.05) is 6.08 Å². The topological polar surface area (TPSA) is 0 Å². The van der Waals surface area contributed by atoms with Gasteiger partial charge in [-0.25, -0.2) is 0 Å². The Morgan fingerprint density at radius 1 is 1.15 bits per heavy atom. The lowest BCUT2D eigenvalue weighted by molar-refractivity contribution is 1.64. The molecule has 13 heavy (non-hydrogen) atoms. The average Bonchev–Trinajstić information content (AvgIpc) is 2.71. The zero-order chi connectivity index (χ0) is 9.10. The molecule has 0 aliphatic carbocycles. The van der Waals surface area contributed by atoms with Gasteiger partial charge in [0.15, 0.2) is 0 Å². The summed E-state index contributed by atoms with van der Waals surface area (Å²) in [5.41, 5.74) is 3.72. The van der Waals surface area contributed by atoms with Crippen molar-refractivity contribution in [2.45, 2.75) is 0 Å². The molecule has 0 saturated carbocycles. The van der Waals surface area contributed by atoms with E-state index >= 15 is 0 Å². The monoisotopic (exact) mass is 186 g/mol. The Morgan fingerprint density at radius 3 is 2.77 bits per heavy atom. The first kappa shape index (κ1) is 8.27. The molecular weight excluding hydrogens is 176 g/mol. The average molecular weight is 186 g/mol. The lowest BCUT2D eigenvalue weighted by atomic mass is 10.1. The van der Waals surface area contributed by atoms with Gasteiger partial charge in [0.1, 0.15) is 0 Å². The Labute approximate surface area is 82.2 Å². The lowest BCUT2D eigenvalue weighted by Gasteiger charge is -1.98. The van der Waals surface area contributed by atoms with Crippen LogP contribution in [-0.2, 0) is 0 Å². The summed E-state index contributed by atoms with van der Waals surface area (Å²) in [6, 6.07) is 10.5. The second kappa shape index (κ2) is 3.58. The van der Waals surface area contributed by atoms with E-state index in [2.05, 4.69) is 47.7 Å². The van der Waals surface area contributed by atoms with Crippen molar-refractivity contribution in [2.24, 2.45) is 0 Å². The fraction of sp³-hybridized carbons (Fsp3) is 0. The number of thiophene rings is 1. The Hall–Kier alpha value is -1.34. The molecule has 0 aliphatic rings. The molecule has 0 radical (unpaired) electrons. The minimum Gasteiger partial charge on any atom is -0.152 e. The maximum absolute atomic E-state index is 3.76.